The zero-order valence-corrected chi connectivity index (χ0v) is 19.9. The third-order valence-corrected chi connectivity index (χ3v) is 5.84. The summed E-state index contributed by atoms with van der Waals surface area (Å²) in [6.07, 6.45) is 1.76. The third-order valence-electron chi connectivity index (χ3n) is 4.87. The number of ether oxygens (including phenoxy) is 1. The van der Waals surface area contributed by atoms with Crippen molar-refractivity contribution in [3.63, 3.8) is 0 Å². The van der Waals surface area contributed by atoms with Crippen molar-refractivity contribution in [3.05, 3.63) is 58.0 Å². The molecule has 1 atom stereocenters. The minimum atomic E-state index is -0.175. The molecule has 1 unspecified atom stereocenters. The van der Waals surface area contributed by atoms with Crippen LogP contribution in [0.25, 0.3) is 0 Å². The van der Waals surface area contributed by atoms with Crippen molar-refractivity contribution in [2.75, 3.05) is 46.4 Å². The highest BCUT2D eigenvalue weighted by molar-refractivity contribution is 14.0. The summed E-state index contributed by atoms with van der Waals surface area (Å²) in [5, 5.41) is 8.96. The number of nitrogens with one attached hydrogen (secondary N) is 2. The molecular formula is C21H30FIN4OS. The fraction of sp³-hybridized carbons (Fsp3) is 0.476. The SMILES string of the molecule is CN=C(NCCCc1cccc(F)c1)NCC(c1cccs1)N1CCOCC1.I. The Balaban J connectivity index is 0.00000300. The van der Waals surface area contributed by atoms with E-state index in [-0.39, 0.29) is 29.8 Å². The average molecular weight is 532 g/mol. The molecule has 0 spiro atoms. The Hall–Kier alpha value is -1.23. The van der Waals surface area contributed by atoms with Crippen LogP contribution in [0.3, 0.4) is 0 Å². The molecule has 1 aliphatic rings. The number of aryl methyl sites for hydroxylation is 1. The molecule has 2 aromatic rings. The van der Waals surface area contributed by atoms with Gasteiger partial charge in [-0.25, -0.2) is 4.39 Å². The van der Waals surface area contributed by atoms with Crippen LogP contribution in [0.5, 0.6) is 0 Å². The van der Waals surface area contributed by atoms with E-state index in [2.05, 4.69) is 38.0 Å². The van der Waals surface area contributed by atoms with Crippen LogP contribution in [-0.4, -0.2) is 57.3 Å². The fourth-order valence-electron chi connectivity index (χ4n) is 3.39. The molecule has 2 N–H and O–H groups in total. The lowest BCUT2D eigenvalue weighted by Gasteiger charge is -2.34. The van der Waals surface area contributed by atoms with Crippen molar-refractivity contribution < 1.29 is 9.13 Å². The summed E-state index contributed by atoms with van der Waals surface area (Å²) in [7, 11) is 1.79. The van der Waals surface area contributed by atoms with Gasteiger partial charge in [0.05, 0.1) is 19.3 Å². The molecule has 29 heavy (non-hydrogen) atoms. The first-order valence-electron chi connectivity index (χ1n) is 9.80. The Morgan fingerprint density at radius 3 is 2.76 bits per heavy atom. The molecule has 1 aromatic heterocycles. The Labute approximate surface area is 193 Å². The summed E-state index contributed by atoms with van der Waals surface area (Å²) in [5.74, 6) is 0.625. The van der Waals surface area contributed by atoms with Gasteiger partial charge in [0.1, 0.15) is 5.82 Å². The molecule has 0 saturated carbocycles. The topological polar surface area (TPSA) is 48.9 Å². The van der Waals surface area contributed by atoms with Crippen molar-refractivity contribution in [1.29, 1.82) is 0 Å². The van der Waals surface area contributed by atoms with Crippen LogP contribution in [0.1, 0.15) is 22.9 Å². The smallest absolute Gasteiger partial charge is 0.191 e. The summed E-state index contributed by atoms with van der Waals surface area (Å²) >= 11 is 1.79. The summed E-state index contributed by atoms with van der Waals surface area (Å²) in [4.78, 5) is 8.17. The summed E-state index contributed by atoms with van der Waals surface area (Å²) in [5.41, 5.74) is 1.02. The number of halogens is 2. The van der Waals surface area contributed by atoms with Crippen LogP contribution in [0.2, 0.25) is 0 Å². The number of aliphatic imine (C=N–C) groups is 1. The Kier molecular flexibility index (Phi) is 10.9. The molecule has 5 nitrogen and oxygen atoms in total. The zero-order valence-electron chi connectivity index (χ0n) is 16.8. The molecular weight excluding hydrogens is 502 g/mol. The van der Waals surface area contributed by atoms with Gasteiger partial charge in [-0.2, -0.15) is 0 Å². The van der Waals surface area contributed by atoms with Gasteiger partial charge in [0.2, 0.25) is 0 Å². The van der Waals surface area contributed by atoms with E-state index in [4.69, 9.17) is 4.74 Å². The van der Waals surface area contributed by atoms with Gasteiger partial charge in [-0.3, -0.25) is 9.89 Å². The van der Waals surface area contributed by atoms with Gasteiger partial charge < -0.3 is 15.4 Å². The second kappa shape index (κ2) is 13.1. The van der Waals surface area contributed by atoms with Gasteiger partial charge >= 0.3 is 0 Å². The lowest BCUT2D eigenvalue weighted by Crippen LogP contribution is -2.46. The molecule has 8 heteroatoms. The van der Waals surface area contributed by atoms with Crippen LogP contribution in [0.15, 0.2) is 46.8 Å². The lowest BCUT2D eigenvalue weighted by atomic mass is 10.1. The van der Waals surface area contributed by atoms with Gasteiger partial charge in [-0.15, -0.1) is 35.3 Å². The van der Waals surface area contributed by atoms with Crippen molar-refractivity contribution in [2.24, 2.45) is 4.99 Å². The molecule has 1 aromatic carbocycles. The van der Waals surface area contributed by atoms with Crippen LogP contribution in [0, 0.1) is 5.82 Å². The van der Waals surface area contributed by atoms with E-state index in [1.807, 2.05) is 6.07 Å². The molecule has 1 aliphatic heterocycles. The predicted molar refractivity (Wildman–Crippen MR) is 129 cm³/mol. The van der Waals surface area contributed by atoms with Crippen molar-refractivity contribution in [1.82, 2.24) is 15.5 Å². The van der Waals surface area contributed by atoms with Crippen LogP contribution < -0.4 is 10.6 Å². The maximum Gasteiger partial charge on any atom is 0.191 e. The fourth-order valence-corrected chi connectivity index (χ4v) is 4.25. The van der Waals surface area contributed by atoms with E-state index in [1.165, 1.54) is 10.9 Å². The Morgan fingerprint density at radius 1 is 1.24 bits per heavy atom. The monoisotopic (exact) mass is 532 g/mol. The second-order valence-electron chi connectivity index (χ2n) is 6.79. The van der Waals surface area contributed by atoms with Crippen LogP contribution in [0.4, 0.5) is 4.39 Å². The minimum Gasteiger partial charge on any atom is -0.379 e. The first-order valence-corrected chi connectivity index (χ1v) is 10.7. The number of rotatable bonds is 8. The van der Waals surface area contributed by atoms with Crippen molar-refractivity contribution in [2.45, 2.75) is 18.9 Å². The van der Waals surface area contributed by atoms with Gasteiger partial charge in [0, 0.05) is 38.1 Å². The number of morpholine rings is 1. The first-order chi connectivity index (χ1) is 13.8. The quantitative estimate of drug-likeness (QED) is 0.236. The maximum absolute atomic E-state index is 13.2. The van der Waals surface area contributed by atoms with Gasteiger partial charge in [0.25, 0.3) is 0 Å². The van der Waals surface area contributed by atoms with E-state index < -0.39 is 0 Å². The van der Waals surface area contributed by atoms with E-state index in [0.29, 0.717) is 6.04 Å². The highest BCUT2D eigenvalue weighted by atomic mass is 127. The zero-order chi connectivity index (χ0) is 19.6. The predicted octanol–water partition coefficient (Wildman–Crippen LogP) is 3.68. The standard InChI is InChI=1S/C21H29FN4OS.HI/c1-23-21(24-9-3-6-17-5-2-7-18(22)15-17)25-16-19(20-8-4-14-28-20)26-10-12-27-13-11-26;/h2,4-5,7-8,14-15,19H,3,6,9-13,16H2,1H3,(H2,23,24,25);1H. The second-order valence-corrected chi connectivity index (χ2v) is 7.77. The van der Waals surface area contributed by atoms with E-state index in [0.717, 1.165) is 63.8 Å². The maximum atomic E-state index is 13.2. The highest BCUT2D eigenvalue weighted by Crippen LogP contribution is 2.25. The van der Waals surface area contributed by atoms with Crippen LogP contribution in [-0.2, 0) is 11.2 Å². The van der Waals surface area contributed by atoms with E-state index in [1.54, 1.807) is 30.5 Å². The van der Waals surface area contributed by atoms with Gasteiger partial charge in [-0.1, -0.05) is 18.2 Å². The average Bonchev–Trinajstić information content (AvgIpc) is 3.25. The molecule has 2 heterocycles. The van der Waals surface area contributed by atoms with Crippen molar-refractivity contribution >= 4 is 41.3 Å². The van der Waals surface area contributed by atoms with Gasteiger partial charge in [0.15, 0.2) is 5.96 Å². The molecule has 0 bridgehead atoms. The van der Waals surface area contributed by atoms with E-state index >= 15 is 0 Å². The summed E-state index contributed by atoms with van der Waals surface area (Å²) in [6.45, 7) is 5.05. The number of guanidine groups is 1. The van der Waals surface area contributed by atoms with Crippen LogP contribution >= 0.6 is 35.3 Å². The Bertz CT molecular complexity index is 738. The largest absolute Gasteiger partial charge is 0.379 e. The summed E-state index contributed by atoms with van der Waals surface area (Å²) < 4.78 is 18.8. The number of nitrogens with zero attached hydrogens (tertiary/aromatic N) is 2. The molecule has 3 rings (SSSR count). The first kappa shape index (κ1) is 24.0. The molecule has 1 fully saturated rings. The van der Waals surface area contributed by atoms with Crippen molar-refractivity contribution in [3.8, 4) is 0 Å². The van der Waals surface area contributed by atoms with E-state index in [9.17, 15) is 4.39 Å². The number of benzene rings is 1. The molecule has 160 valence electrons. The number of thiophene rings is 1. The minimum absolute atomic E-state index is 0. The molecule has 0 aliphatic carbocycles. The summed E-state index contributed by atoms with van der Waals surface area (Å²) in [6, 6.07) is 11.4. The Morgan fingerprint density at radius 2 is 2.07 bits per heavy atom. The third kappa shape index (κ3) is 7.84. The number of hydrogen-bond acceptors (Lipinski definition) is 4. The van der Waals surface area contributed by atoms with Gasteiger partial charge in [-0.05, 0) is 42.0 Å². The molecule has 0 amide bonds. The number of hydrogen-bond donors (Lipinski definition) is 2. The lowest BCUT2D eigenvalue weighted by molar-refractivity contribution is 0.0177. The normalized spacial score (nSPS) is 16.1. The molecule has 0 radical (unpaired) electrons. The molecule has 1 saturated heterocycles. The highest BCUT2D eigenvalue weighted by Gasteiger charge is 2.23.